The number of allylic oxidation sites excluding steroid dienone is 1. The summed E-state index contributed by atoms with van der Waals surface area (Å²) in [5, 5.41) is 19.9. The average molecular weight is 466 g/mol. The first-order valence-corrected chi connectivity index (χ1v) is 9.73. The van der Waals surface area contributed by atoms with Crippen molar-refractivity contribution in [3.8, 4) is 5.75 Å². The van der Waals surface area contributed by atoms with Crippen LogP contribution in [0.1, 0.15) is 15.9 Å². The Labute approximate surface area is 187 Å². The van der Waals surface area contributed by atoms with Gasteiger partial charge in [-0.2, -0.15) is 0 Å². The van der Waals surface area contributed by atoms with Crippen LogP contribution < -0.4 is 0 Å². The summed E-state index contributed by atoms with van der Waals surface area (Å²) in [6, 6.07) is 14.4. The first-order chi connectivity index (χ1) is 13.9. The third kappa shape index (κ3) is 5.17. The van der Waals surface area contributed by atoms with E-state index in [4.69, 9.17) is 46.4 Å². The van der Waals surface area contributed by atoms with Crippen LogP contribution in [0, 0.1) is 0 Å². The number of aromatic hydroxyl groups is 1. The molecule has 0 bridgehead atoms. The van der Waals surface area contributed by atoms with Crippen LogP contribution in [0.4, 0.5) is 11.4 Å². The highest BCUT2D eigenvalue weighted by molar-refractivity contribution is 6.43. The molecule has 0 aromatic heterocycles. The summed E-state index contributed by atoms with van der Waals surface area (Å²) in [5.41, 5.74) is 1.15. The number of carbonyl (C=O) groups excluding carboxylic acids is 1. The third-order valence-corrected chi connectivity index (χ3v) is 5.22. The highest BCUT2D eigenvalue weighted by Gasteiger charge is 2.13. The minimum atomic E-state index is -0.425. The highest BCUT2D eigenvalue weighted by Crippen LogP contribution is 2.36. The lowest BCUT2D eigenvalue weighted by Crippen LogP contribution is -1.94. The van der Waals surface area contributed by atoms with Crippen LogP contribution >= 0.6 is 46.4 Å². The second-order valence-corrected chi connectivity index (χ2v) is 7.44. The molecule has 0 amide bonds. The van der Waals surface area contributed by atoms with Crippen LogP contribution in [0.3, 0.4) is 0 Å². The zero-order chi connectivity index (χ0) is 21.0. The molecule has 0 aliphatic carbocycles. The van der Waals surface area contributed by atoms with Gasteiger partial charge in [0.1, 0.15) is 11.4 Å². The average Bonchev–Trinajstić information content (AvgIpc) is 2.69. The maximum atomic E-state index is 12.5. The van der Waals surface area contributed by atoms with Crippen molar-refractivity contribution in [1.82, 2.24) is 0 Å². The van der Waals surface area contributed by atoms with Gasteiger partial charge in [0.25, 0.3) is 0 Å². The summed E-state index contributed by atoms with van der Waals surface area (Å²) in [5.74, 6) is -0.724. The highest BCUT2D eigenvalue weighted by atomic mass is 35.5. The molecule has 3 aromatic carbocycles. The number of hydrogen-bond donors (Lipinski definition) is 1. The number of benzene rings is 3. The van der Waals surface area contributed by atoms with Gasteiger partial charge in [0.05, 0.1) is 15.6 Å². The molecule has 0 aliphatic heterocycles. The number of azo groups is 1. The Morgan fingerprint density at radius 2 is 1.55 bits per heavy atom. The Hall–Kier alpha value is -2.37. The smallest absolute Gasteiger partial charge is 0.189 e. The standard InChI is InChI=1S/C21H12Cl4N2O2/c22-13-9-7-12(16(24)11-13)8-10-19(28)14-3-1-6-18(21(14)29)27-26-17-5-2-4-15(23)20(17)25/h1-11,29H/b10-8-,27-26?. The molecule has 3 aromatic rings. The Kier molecular flexibility index (Phi) is 6.93. The monoisotopic (exact) mass is 464 g/mol. The molecule has 0 spiro atoms. The molecule has 0 fully saturated rings. The fourth-order valence-corrected chi connectivity index (χ4v) is 3.18. The Morgan fingerprint density at radius 3 is 2.31 bits per heavy atom. The van der Waals surface area contributed by atoms with Gasteiger partial charge in [-0.1, -0.05) is 64.6 Å². The van der Waals surface area contributed by atoms with E-state index < -0.39 is 5.78 Å². The van der Waals surface area contributed by atoms with Crippen LogP contribution in [-0.4, -0.2) is 10.9 Å². The molecule has 4 nitrogen and oxygen atoms in total. The number of phenolic OH excluding ortho intramolecular Hbond substituents is 1. The molecule has 1 N–H and O–H groups in total. The Bertz CT molecular complexity index is 1140. The van der Waals surface area contributed by atoms with Crippen LogP contribution in [0.15, 0.2) is 70.9 Å². The van der Waals surface area contributed by atoms with Gasteiger partial charge in [0.15, 0.2) is 11.5 Å². The first-order valence-electron chi connectivity index (χ1n) is 8.22. The van der Waals surface area contributed by atoms with Gasteiger partial charge < -0.3 is 5.11 Å². The molecule has 0 radical (unpaired) electrons. The summed E-state index contributed by atoms with van der Waals surface area (Å²) in [7, 11) is 0. The lowest BCUT2D eigenvalue weighted by molar-refractivity contribution is 0.104. The zero-order valence-corrected chi connectivity index (χ0v) is 17.6. The molecule has 0 aliphatic rings. The van der Waals surface area contributed by atoms with Crippen molar-refractivity contribution >= 4 is 69.6 Å². The second-order valence-electron chi connectivity index (χ2n) is 5.81. The van der Waals surface area contributed by atoms with E-state index in [0.29, 0.717) is 26.3 Å². The predicted molar refractivity (Wildman–Crippen MR) is 119 cm³/mol. The number of rotatable bonds is 5. The molecular formula is C21H12Cl4N2O2. The Balaban J connectivity index is 1.86. The molecule has 0 saturated carbocycles. The lowest BCUT2D eigenvalue weighted by atomic mass is 10.1. The van der Waals surface area contributed by atoms with E-state index in [1.54, 1.807) is 48.5 Å². The number of para-hydroxylation sites is 1. The number of phenols is 1. The van der Waals surface area contributed by atoms with Gasteiger partial charge >= 0.3 is 0 Å². The van der Waals surface area contributed by atoms with E-state index in [1.165, 1.54) is 18.2 Å². The van der Waals surface area contributed by atoms with Crippen molar-refractivity contribution < 1.29 is 9.90 Å². The number of ketones is 1. The normalized spacial score (nSPS) is 11.4. The molecule has 0 heterocycles. The molecule has 146 valence electrons. The zero-order valence-electron chi connectivity index (χ0n) is 14.6. The number of hydrogen-bond acceptors (Lipinski definition) is 4. The summed E-state index contributed by atoms with van der Waals surface area (Å²) in [4.78, 5) is 12.5. The molecule has 0 saturated heterocycles. The summed E-state index contributed by atoms with van der Waals surface area (Å²) >= 11 is 24.0. The minimum Gasteiger partial charge on any atom is -0.505 e. The molecule has 3 rings (SSSR count). The number of halogens is 4. The van der Waals surface area contributed by atoms with Crippen LogP contribution in [0.5, 0.6) is 5.75 Å². The second kappa shape index (κ2) is 9.42. The van der Waals surface area contributed by atoms with Crippen molar-refractivity contribution in [3.63, 3.8) is 0 Å². The van der Waals surface area contributed by atoms with E-state index in [-0.39, 0.29) is 22.0 Å². The summed E-state index contributed by atoms with van der Waals surface area (Å²) in [6.07, 6.45) is 2.85. The Morgan fingerprint density at radius 1 is 0.862 bits per heavy atom. The molecule has 29 heavy (non-hydrogen) atoms. The van der Waals surface area contributed by atoms with Crippen molar-refractivity contribution in [2.24, 2.45) is 10.2 Å². The molecule has 0 atom stereocenters. The maximum absolute atomic E-state index is 12.5. The van der Waals surface area contributed by atoms with Gasteiger partial charge in [0, 0.05) is 10.0 Å². The summed E-state index contributed by atoms with van der Waals surface area (Å²) in [6.45, 7) is 0. The van der Waals surface area contributed by atoms with E-state index >= 15 is 0 Å². The SMILES string of the molecule is O=C(/C=C\c1ccc(Cl)cc1Cl)c1cccc(N=Nc2cccc(Cl)c2Cl)c1O. The third-order valence-electron chi connectivity index (χ3n) is 3.85. The molecule has 8 heteroatoms. The largest absolute Gasteiger partial charge is 0.505 e. The van der Waals surface area contributed by atoms with Crippen LogP contribution in [0.2, 0.25) is 20.1 Å². The van der Waals surface area contributed by atoms with E-state index in [9.17, 15) is 9.90 Å². The predicted octanol–water partition coefficient (Wildman–Crippen LogP) is 8.32. The van der Waals surface area contributed by atoms with E-state index in [0.717, 1.165) is 0 Å². The van der Waals surface area contributed by atoms with Crippen molar-refractivity contribution in [3.05, 3.63) is 91.9 Å². The quantitative estimate of drug-likeness (QED) is 0.234. The van der Waals surface area contributed by atoms with Gasteiger partial charge in [-0.05, 0) is 54.1 Å². The van der Waals surface area contributed by atoms with Gasteiger partial charge in [0.2, 0.25) is 0 Å². The molecular weight excluding hydrogens is 454 g/mol. The fraction of sp³-hybridized carbons (Fsp3) is 0. The van der Waals surface area contributed by atoms with E-state index in [1.807, 2.05) is 0 Å². The topological polar surface area (TPSA) is 62.0 Å². The van der Waals surface area contributed by atoms with Gasteiger partial charge in [-0.25, -0.2) is 0 Å². The number of carbonyl (C=O) groups is 1. The first kappa shape index (κ1) is 21.3. The van der Waals surface area contributed by atoms with Crippen LogP contribution in [-0.2, 0) is 0 Å². The van der Waals surface area contributed by atoms with Crippen molar-refractivity contribution in [1.29, 1.82) is 0 Å². The van der Waals surface area contributed by atoms with Crippen molar-refractivity contribution in [2.75, 3.05) is 0 Å². The lowest BCUT2D eigenvalue weighted by Gasteiger charge is -2.04. The van der Waals surface area contributed by atoms with Gasteiger partial charge in [-0.15, -0.1) is 10.2 Å². The van der Waals surface area contributed by atoms with E-state index in [2.05, 4.69) is 10.2 Å². The van der Waals surface area contributed by atoms with Gasteiger partial charge in [-0.3, -0.25) is 4.79 Å². The number of nitrogens with zero attached hydrogens (tertiary/aromatic N) is 2. The summed E-state index contributed by atoms with van der Waals surface area (Å²) < 4.78 is 0. The molecule has 0 unspecified atom stereocenters. The maximum Gasteiger partial charge on any atom is 0.189 e. The fourth-order valence-electron chi connectivity index (χ4n) is 2.38. The van der Waals surface area contributed by atoms with Crippen LogP contribution in [0.25, 0.3) is 6.08 Å². The van der Waals surface area contributed by atoms with Crippen molar-refractivity contribution in [2.45, 2.75) is 0 Å². The minimum absolute atomic E-state index is 0.0694.